The molecule has 0 radical (unpaired) electrons. The molecule has 2 atom stereocenters. The third-order valence-corrected chi connectivity index (χ3v) is 3.90. The third kappa shape index (κ3) is 2.25. The molecule has 0 saturated heterocycles. The van der Waals surface area contributed by atoms with Crippen LogP contribution in [0.15, 0.2) is 16.3 Å². The summed E-state index contributed by atoms with van der Waals surface area (Å²) >= 11 is 3.22. The van der Waals surface area contributed by atoms with Crippen LogP contribution in [0, 0.1) is 0 Å². The van der Waals surface area contributed by atoms with Gasteiger partial charge in [0.2, 0.25) is 0 Å². The zero-order valence-corrected chi connectivity index (χ0v) is 10.3. The molecule has 3 nitrogen and oxygen atoms in total. The first-order chi connectivity index (χ1) is 7.18. The lowest BCUT2D eigenvalue weighted by Crippen LogP contribution is -2.22. The number of thiazole rings is 2. The molecule has 0 saturated carbocycles. The standard InChI is InChI=1S/C10H13N3S2/c1-6(7(2)11)8-4-15-10(13-8)9-3-14-5-12-9/h3-7H,11H2,1-2H3. The maximum absolute atomic E-state index is 5.85. The van der Waals surface area contributed by atoms with Crippen LogP contribution in [0.25, 0.3) is 10.7 Å². The smallest absolute Gasteiger partial charge is 0.142 e. The highest BCUT2D eigenvalue weighted by atomic mass is 32.1. The van der Waals surface area contributed by atoms with Gasteiger partial charge < -0.3 is 5.73 Å². The van der Waals surface area contributed by atoms with Crippen LogP contribution in [0.1, 0.15) is 25.5 Å². The molecule has 0 aliphatic carbocycles. The van der Waals surface area contributed by atoms with Gasteiger partial charge in [-0.1, -0.05) is 6.92 Å². The first-order valence-electron chi connectivity index (χ1n) is 4.78. The van der Waals surface area contributed by atoms with Crippen molar-refractivity contribution in [1.29, 1.82) is 0 Å². The van der Waals surface area contributed by atoms with Crippen molar-refractivity contribution in [2.24, 2.45) is 5.73 Å². The van der Waals surface area contributed by atoms with E-state index < -0.39 is 0 Å². The van der Waals surface area contributed by atoms with Crippen LogP contribution in [0.2, 0.25) is 0 Å². The van der Waals surface area contributed by atoms with Crippen LogP contribution in [0.4, 0.5) is 0 Å². The van der Waals surface area contributed by atoms with Gasteiger partial charge in [-0.05, 0) is 6.92 Å². The van der Waals surface area contributed by atoms with Crippen molar-refractivity contribution in [3.05, 3.63) is 22.0 Å². The van der Waals surface area contributed by atoms with Crippen LogP contribution in [-0.4, -0.2) is 16.0 Å². The van der Waals surface area contributed by atoms with Gasteiger partial charge in [-0.15, -0.1) is 22.7 Å². The molecule has 2 rings (SSSR count). The summed E-state index contributed by atoms with van der Waals surface area (Å²) in [6.07, 6.45) is 0. The van der Waals surface area contributed by atoms with Gasteiger partial charge in [0.25, 0.3) is 0 Å². The summed E-state index contributed by atoms with van der Waals surface area (Å²) in [4.78, 5) is 8.80. The molecule has 2 heterocycles. The molecule has 0 aliphatic heterocycles. The predicted molar refractivity (Wildman–Crippen MR) is 65.3 cm³/mol. The lowest BCUT2D eigenvalue weighted by atomic mass is 10.0. The second kappa shape index (κ2) is 4.38. The number of hydrogen-bond donors (Lipinski definition) is 1. The van der Waals surface area contributed by atoms with Crippen molar-refractivity contribution in [1.82, 2.24) is 9.97 Å². The van der Waals surface area contributed by atoms with Crippen LogP contribution < -0.4 is 5.73 Å². The van der Waals surface area contributed by atoms with E-state index in [0.29, 0.717) is 5.92 Å². The van der Waals surface area contributed by atoms with E-state index >= 15 is 0 Å². The van der Waals surface area contributed by atoms with Crippen LogP contribution in [0.3, 0.4) is 0 Å². The summed E-state index contributed by atoms with van der Waals surface area (Å²) < 4.78 is 0. The number of rotatable bonds is 3. The fraction of sp³-hybridized carbons (Fsp3) is 0.400. The van der Waals surface area contributed by atoms with E-state index in [1.807, 2.05) is 17.8 Å². The normalized spacial score (nSPS) is 15.1. The molecule has 2 unspecified atom stereocenters. The van der Waals surface area contributed by atoms with E-state index in [0.717, 1.165) is 16.4 Å². The Morgan fingerprint density at radius 1 is 1.33 bits per heavy atom. The van der Waals surface area contributed by atoms with Gasteiger partial charge in [0.05, 0.1) is 11.2 Å². The first kappa shape index (κ1) is 10.7. The second-order valence-corrected chi connectivity index (χ2v) is 5.18. The summed E-state index contributed by atoms with van der Waals surface area (Å²) in [5.74, 6) is 0.300. The molecule has 2 N–H and O–H groups in total. The minimum Gasteiger partial charge on any atom is -0.327 e. The summed E-state index contributed by atoms with van der Waals surface area (Å²) in [5.41, 5.74) is 9.71. The topological polar surface area (TPSA) is 51.8 Å². The Balaban J connectivity index is 2.25. The zero-order valence-electron chi connectivity index (χ0n) is 8.68. The minimum atomic E-state index is 0.135. The van der Waals surface area contributed by atoms with Gasteiger partial charge in [-0.3, -0.25) is 0 Å². The summed E-state index contributed by atoms with van der Waals surface area (Å²) in [7, 11) is 0. The third-order valence-electron chi connectivity index (χ3n) is 2.43. The molecular weight excluding hydrogens is 226 g/mol. The van der Waals surface area contributed by atoms with Crippen molar-refractivity contribution in [2.75, 3.05) is 0 Å². The Morgan fingerprint density at radius 2 is 2.13 bits per heavy atom. The Bertz CT molecular complexity index is 420. The fourth-order valence-corrected chi connectivity index (χ4v) is 2.70. The lowest BCUT2D eigenvalue weighted by molar-refractivity contribution is 0.602. The molecule has 0 aliphatic rings. The average molecular weight is 239 g/mol. The van der Waals surface area contributed by atoms with Crippen molar-refractivity contribution in [3.8, 4) is 10.7 Å². The summed E-state index contributed by atoms with van der Waals surface area (Å²) in [5, 5.41) is 5.07. The van der Waals surface area contributed by atoms with Gasteiger partial charge in [0.1, 0.15) is 10.7 Å². The lowest BCUT2D eigenvalue weighted by Gasteiger charge is -2.11. The fourth-order valence-electron chi connectivity index (χ4n) is 1.20. The first-order valence-corrected chi connectivity index (χ1v) is 6.60. The Labute approximate surface area is 97.0 Å². The molecule has 0 bridgehead atoms. The maximum atomic E-state index is 5.85. The Hall–Kier alpha value is -0.780. The number of nitrogens with two attached hydrogens (primary N) is 1. The molecule has 2 aromatic heterocycles. The highest BCUT2D eigenvalue weighted by Crippen LogP contribution is 2.27. The van der Waals surface area contributed by atoms with Crippen molar-refractivity contribution < 1.29 is 0 Å². The highest BCUT2D eigenvalue weighted by molar-refractivity contribution is 7.13. The number of aromatic nitrogens is 2. The van der Waals surface area contributed by atoms with Crippen LogP contribution >= 0.6 is 22.7 Å². The van der Waals surface area contributed by atoms with E-state index in [2.05, 4.69) is 22.3 Å². The van der Waals surface area contributed by atoms with E-state index in [1.54, 1.807) is 22.7 Å². The quantitative estimate of drug-likeness (QED) is 0.896. The van der Waals surface area contributed by atoms with Gasteiger partial charge in [0, 0.05) is 22.7 Å². The molecule has 0 amide bonds. The van der Waals surface area contributed by atoms with Crippen molar-refractivity contribution >= 4 is 22.7 Å². The number of hydrogen-bond acceptors (Lipinski definition) is 5. The molecular formula is C10H13N3S2. The molecule has 0 spiro atoms. The van der Waals surface area contributed by atoms with E-state index in [-0.39, 0.29) is 6.04 Å². The largest absolute Gasteiger partial charge is 0.327 e. The van der Waals surface area contributed by atoms with Gasteiger partial charge in [0.15, 0.2) is 0 Å². The Morgan fingerprint density at radius 3 is 2.73 bits per heavy atom. The molecule has 15 heavy (non-hydrogen) atoms. The SMILES string of the molecule is CC(N)C(C)c1csc(-c2cscn2)n1. The van der Waals surface area contributed by atoms with Gasteiger partial charge in [-0.25, -0.2) is 9.97 Å². The monoisotopic (exact) mass is 239 g/mol. The molecule has 5 heteroatoms. The summed E-state index contributed by atoms with van der Waals surface area (Å²) in [6, 6.07) is 0.135. The van der Waals surface area contributed by atoms with Crippen molar-refractivity contribution in [3.63, 3.8) is 0 Å². The zero-order chi connectivity index (χ0) is 10.8. The number of nitrogens with zero attached hydrogens (tertiary/aromatic N) is 2. The van der Waals surface area contributed by atoms with Gasteiger partial charge >= 0.3 is 0 Å². The predicted octanol–water partition coefficient (Wildman–Crippen LogP) is 2.72. The van der Waals surface area contributed by atoms with Crippen LogP contribution in [0.5, 0.6) is 0 Å². The van der Waals surface area contributed by atoms with E-state index in [9.17, 15) is 0 Å². The van der Waals surface area contributed by atoms with E-state index in [4.69, 9.17) is 5.73 Å². The molecule has 0 aromatic carbocycles. The van der Waals surface area contributed by atoms with E-state index in [1.165, 1.54) is 0 Å². The summed E-state index contributed by atoms with van der Waals surface area (Å²) in [6.45, 7) is 4.11. The Kier molecular flexibility index (Phi) is 3.14. The maximum Gasteiger partial charge on any atom is 0.142 e. The molecule has 0 fully saturated rings. The average Bonchev–Trinajstić information content (AvgIpc) is 2.86. The van der Waals surface area contributed by atoms with Crippen molar-refractivity contribution in [2.45, 2.75) is 25.8 Å². The second-order valence-electron chi connectivity index (χ2n) is 3.60. The molecule has 2 aromatic rings. The minimum absolute atomic E-state index is 0.135. The van der Waals surface area contributed by atoms with Gasteiger partial charge in [-0.2, -0.15) is 0 Å². The van der Waals surface area contributed by atoms with Crippen LogP contribution in [-0.2, 0) is 0 Å². The highest BCUT2D eigenvalue weighted by Gasteiger charge is 2.15. The molecule has 80 valence electrons.